The Morgan fingerprint density at radius 3 is 2.86 bits per heavy atom. The minimum absolute atomic E-state index is 0. The average Bonchev–Trinajstić information content (AvgIpc) is 2.90. The summed E-state index contributed by atoms with van der Waals surface area (Å²) in [6.45, 7) is 3.71. The van der Waals surface area contributed by atoms with Gasteiger partial charge in [-0.3, -0.25) is 4.79 Å². The third kappa shape index (κ3) is 5.16. The van der Waals surface area contributed by atoms with E-state index < -0.39 is 0 Å². The van der Waals surface area contributed by atoms with Crippen LogP contribution in [0.25, 0.3) is 5.65 Å². The molecule has 150 valence electrons. The smallest absolute Gasteiger partial charge is 0.254 e. The first-order valence-electron chi connectivity index (χ1n) is 8.95. The zero-order valence-corrected chi connectivity index (χ0v) is 17.0. The summed E-state index contributed by atoms with van der Waals surface area (Å²) in [5.74, 6) is 0.743. The molecular weight excluding hydrogens is 399 g/mol. The molecule has 28 heavy (non-hydrogen) atoms. The van der Waals surface area contributed by atoms with Crippen molar-refractivity contribution in [3.63, 3.8) is 0 Å². The maximum atomic E-state index is 12.7. The molecular formula is C20H24Cl2N4O2. The van der Waals surface area contributed by atoms with Crippen molar-refractivity contribution in [3.8, 4) is 5.75 Å². The molecule has 0 saturated carbocycles. The van der Waals surface area contributed by atoms with Gasteiger partial charge in [0.2, 0.25) is 0 Å². The quantitative estimate of drug-likeness (QED) is 0.701. The summed E-state index contributed by atoms with van der Waals surface area (Å²) in [5.41, 5.74) is 2.41. The van der Waals surface area contributed by atoms with Gasteiger partial charge < -0.3 is 19.4 Å². The SMILES string of the molecule is Cl.Cl.O=C(c1cccc(OCc2cn3ccccc3n2)c1)N1CCCNCC1. The van der Waals surface area contributed by atoms with E-state index >= 15 is 0 Å². The molecule has 6 nitrogen and oxygen atoms in total. The topological polar surface area (TPSA) is 58.9 Å². The zero-order valence-electron chi connectivity index (χ0n) is 15.4. The standard InChI is InChI=1S/C20H22N4O2.2ClH/c25-20(23-11-4-8-21-9-12-23)16-5-3-6-18(13-16)26-15-17-14-24-10-2-1-7-19(24)22-17;;/h1-3,5-7,10,13-14,21H,4,8-9,11-12,15H2;2*1H. The largest absolute Gasteiger partial charge is 0.487 e. The molecule has 1 saturated heterocycles. The molecule has 0 spiro atoms. The van der Waals surface area contributed by atoms with Gasteiger partial charge in [-0.15, -0.1) is 24.8 Å². The number of nitrogens with one attached hydrogen (secondary N) is 1. The number of carbonyl (C=O) groups is 1. The van der Waals surface area contributed by atoms with Crippen LogP contribution in [-0.4, -0.2) is 46.4 Å². The van der Waals surface area contributed by atoms with E-state index in [-0.39, 0.29) is 30.7 Å². The highest BCUT2D eigenvalue weighted by atomic mass is 35.5. The van der Waals surface area contributed by atoms with E-state index in [0.29, 0.717) is 17.9 Å². The lowest BCUT2D eigenvalue weighted by Gasteiger charge is -2.20. The van der Waals surface area contributed by atoms with Crippen LogP contribution in [0.5, 0.6) is 5.75 Å². The number of amides is 1. The molecule has 1 amide bonds. The molecule has 3 aromatic rings. The number of carbonyl (C=O) groups excluding carboxylic acids is 1. The van der Waals surface area contributed by atoms with Crippen LogP contribution in [0.4, 0.5) is 0 Å². The second-order valence-corrected chi connectivity index (χ2v) is 6.41. The zero-order chi connectivity index (χ0) is 17.8. The van der Waals surface area contributed by atoms with Crippen LogP contribution in [0, 0.1) is 0 Å². The first-order chi connectivity index (χ1) is 12.8. The summed E-state index contributed by atoms with van der Waals surface area (Å²) < 4.78 is 7.83. The molecule has 0 radical (unpaired) electrons. The molecule has 0 bridgehead atoms. The predicted molar refractivity (Wildman–Crippen MR) is 114 cm³/mol. The van der Waals surface area contributed by atoms with Gasteiger partial charge >= 0.3 is 0 Å². The number of hydrogen-bond donors (Lipinski definition) is 1. The number of halogens is 2. The molecule has 1 N–H and O–H groups in total. The van der Waals surface area contributed by atoms with E-state index in [1.54, 1.807) is 0 Å². The van der Waals surface area contributed by atoms with Crippen molar-refractivity contribution in [2.75, 3.05) is 26.2 Å². The Morgan fingerprint density at radius 1 is 1.11 bits per heavy atom. The average molecular weight is 423 g/mol. The Morgan fingerprint density at radius 2 is 2.00 bits per heavy atom. The van der Waals surface area contributed by atoms with E-state index in [1.165, 1.54) is 0 Å². The fourth-order valence-corrected chi connectivity index (χ4v) is 3.16. The Bertz CT molecular complexity index is 875. The second kappa shape index (κ2) is 10.3. The Labute approximate surface area is 176 Å². The summed E-state index contributed by atoms with van der Waals surface area (Å²) in [6.07, 6.45) is 4.89. The van der Waals surface area contributed by atoms with E-state index in [1.807, 2.05) is 64.2 Å². The monoisotopic (exact) mass is 422 g/mol. The van der Waals surface area contributed by atoms with Crippen molar-refractivity contribution in [1.82, 2.24) is 19.6 Å². The highest BCUT2D eigenvalue weighted by molar-refractivity contribution is 5.94. The number of benzene rings is 1. The number of hydrogen-bond acceptors (Lipinski definition) is 4. The number of rotatable bonds is 4. The van der Waals surface area contributed by atoms with Gasteiger partial charge in [0.25, 0.3) is 5.91 Å². The number of imidazole rings is 1. The van der Waals surface area contributed by atoms with E-state index in [0.717, 1.165) is 43.9 Å². The van der Waals surface area contributed by atoms with Gasteiger partial charge in [0.1, 0.15) is 18.0 Å². The number of ether oxygens (including phenoxy) is 1. The van der Waals surface area contributed by atoms with Crippen molar-refractivity contribution in [2.24, 2.45) is 0 Å². The third-order valence-corrected chi connectivity index (χ3v) is 4.51. The van der Waals surface area contributed by atoms with E-state index in [2.05, 4.69) is 10.3 Å². The van der Waals surface area contributed by atoms with Gasteiger partial charge in [0.05, 0.1) is 5.69 Å². The van der Waals surface area contributed by atoms with E-state index in [4.69, 9.17) is 4.74 Å². The fourth-order valence-electron chi connectivity index (χ4n) is 3.16. The Kier molecular flexibility index (Phi) is 8.11. The molecule has 8 heteroatoms. The number of nitrogens with zero attached hydrogens (tertiary/aromatic N) is 3. The highest BCUT2D eigenvalue weighted by Crippen LogP contribution is 2.17. The third-order valence-electron chi connectivity index (χ3n) is 4.51. The van der Waals surface area contributed by atoms with Crippen LogP contribution in [0.15, 0.2) is 54.9 Å². The molecule has 1 aliphatic rings. The van der Waals surface area contributed by atoms with Gasteiger partial charge in [-0.05, 0) is 43.3 Å². The Hall–Kier alpha value is -2.28. The minimum atomic E-state index is 0. The van der Waals surface area contributed by atoms with Gasteiger partial charge in [0, 0.05) is 37.6 Å². The second-order valence-electron chi connectivity index (χ2n) is 6.41. The number of aromatic nitrogens is 2. The predicted octanol–water partition coefficient (Wildman–Crippen LogP) is 3.19. The van der Waals surface area contributed by atoms with Crippen LogP contribution in [0.1, 0.15) is 22.5 Å². The van der Waals surface area contributed by atoms with Crippen LogP contribution >= 0.6 is 24.8 Å². The van der Waals surface area contributed by atoms with Gasteiger partial charge in [-0.2, -0.15) is 0 Å². The van der Waals surface area contributed by atoms with Crippen molar-refractivity contribution < 1.29 is 9.53 Å². The maximum Gasteiger partial charge on any atom is 0.254 e. The van der Waals surface area contributed by atoms with Crippen LogP contribution in [0.2, 0.25) is 0 Å². The molecule has 2 aromatic heterocycles. The number of pyridine rings is 1. The van der Waals surface area contributed by atoms with Gasteiger partial charge in [-0.25, -0.2) is 4.98 Å². The molecule has 3 heterocycles. The minimum Gasteiger partial charge on any atom is -0.487 e. The van der Waals surface area contributed by atoms with Gasteiger partial charge in [0.15, 0.2) is 0 Å². The van der Waals surface area contributed by atoms with Crippen molar-refractivity contribution in [3.05, 3.63) is 66.1 Å². The molecule has 0 unspecified atom stereocenters. The summed E-state index contributed by atoms with van der Waals surface area (Å²) in [7, 11) is 0. The summed E-state index contributed by atoms with van der Waals surface area (Å²) >= 11 is 0. The molecule has 1 fully saturated rings. The van der Waals surface area contributed by atoms with Crippen LogP contribution < -0.4 is 10.1 Å². The lowest BCUT2D eigenvalue weighted by Crippen LogP contribution is -2.34. The van der Waals surface area contributed by atoms with Crippen molar-refractivity contribution in [2.45, 2.75) is 13.0 Å². The maximum absolute atomic E-state index is 12.7. The summed E-state index contributed by atoms with van der Waals surface area (Å²) in [5, 5.41) is 3.32. The molecule has 4 rings (SSSR count). The normalized spacial score (nSPS) is 13.9. The number of fused-ring (bicyclic) bond motifs is 1. The lowest BCUT2D eigenvalue weighted by atomic mass is 10.2. The van der Waals surface area contributed by atoms with Crippen molar-refractivity contribution >= 4 is 36.4 Å². The summed E-state index contributed by atoms with van der Waals surface area (Å²) in [4.78, 5) is 19.2. The Balaban J connectivity index is 0.00000140. The van der Waals surface area contributed by atoms with Crippen LogP contribution in [-0.2, 0) is 6.61 Å². The first-order valence-corrected chi connectivity index (χ1v) is 8.95. The lowest BCUT2D eigenvalue weighted by molar-refractivity contribution is 0.0766. The van der Waals surface area contributed by atoms with Gasteiger partial charge in [-0.1, -0.05) is 12.1 Å². The molecule has 0 atom stereocenters. The first kappa shape index (κ1) is 22.0. The van der Waals surface area contributed by atoms with E-state index in [9.17, 15) is 4.79 Å². The fraction of sp³-hybridized carbons (Fsp3) is 0.300. The molecule has 0 aliphatic carbocycles. The van der Waals surface area contributed by atoms with Crippen molar-refractivity contribution in [1.29, 1.82) is 0 Å². The molecule has 1 aliphatic heterocycles. The summed E-state index contributed by atoms with van der Waals surface area (Å²) in [6, 6.07) is 13.3. The highest BCUT2D eigenvalue weighted by Gasteiger charge is 2.17. The molecule has 1 aromatic carbocycles. The van der Waals surface area contributed by atoms with Crippen LogP contribution in [0.3, 0.4) is 0 Å².